The van der Waals surface area contributed by atoms with Crippen LogP contribution >= 0.6 is 0 Å². The largest absolute Gasteiger partial charge is 0.479 e. The molecule has 0 fully saturated rings. The van der Waals surface area contributed by atoms with Crippen LogP contribution in [0.3, 0.4) is 0 Å². The Morgan fingerprint density at radius 3 is 2.61 bits per heavy atom. The van der Waals surface area contributed by atoms with Crippen LogP contribution in [0.5, 0.6) is 5.75 Å². The van der Waals surface area contributed by atoms with Crippen LogP contribution in [-0.4, -0.2) is 34.3 Å². The summed E-state index contributed by atoms with van der Waals surface area (Å²) in [6, 6.07) is 11.7. The molecule has 2 N–H and O–H groups in total. The zero-order valence-electron chi connectivity index (χ0n) is 12.3. The normalized spacial score (nSPS) is 11.9. The second kappa shape index (κ2) is 7.69. The van der Waals surface area contributed by atoms with Crippen LogP contribution < -0.4 is 10.2 Å². The minimum absolute atomic E-state index is 0.274. The molecule has 0 unspecified atom stereocenters. The second-order valence-corrected chi connectivity index (χ2v) is 4.58. The van der Waals surface area contributed by atoms with Gasteiger partial charge in [0.15, 0.2) is 6.10 Å². The van der Waals surface area contributed by atoms with E-state index in [4.69, 9.17) is 9.84 Å². The molecule has 7 nitrogen and oxygen atoms in total. The number of aliphatic carboxylic acids is 1. The second-order valence-electron chi connectivity index (χ2n) is 4.58. The maximum absolute atomic E-state index is 11.7. The van der Waals surface area contributed by atoms with Crippen molar-refractivity contribution in [3.63, 3.8) is 0 Å². The Kier molecular flexibility index (Phi) is 5.40. The van der Waals surface area contributed by atoms with Gasteiger partial charge >= 0.3 is 5.97 Å². The number of rotatable bonds is 6. The number of benzene rings is 1. The van der Waals surface area contributed by atoms with E-state index in [1.54, 1.807) is 42.5 Å². The number of carbonyl (C=O) groups excluding carboxylic acids is 1. The molecule has 7 heteroatoms. The molecule has 1 amide bonds. The number of nitrogens with zero attached hydrogens (tertiary/aromatic N) is 2. The van der Waals surface area contributed by atoms with E-state index in [2.05, 4.69) is 15.5 Å². The summed E-state index contributed by atoms with van der Waals surface area (Å²) in [4.78, 5) is 26.3. The van der Waals surface area contributed by atoms with Crippen molar-refractivity contribution in [2.45, 2.75) is 13.0 Å². The Morgan fingerprint density at radius 1 is 1.26 bits per heavy atom. The number of hydrazone groups is 1. The first-order valence-corrected chi connectivity index (χ1v) is 6.80. The lowest BCUT2D eigenvalue weighted by molar-refractivity contribution is -0.144. The minimum atomic E-state index is -1.03. The highest BCUT2D eigenvalue weighted by Crippen LogP contribution is 2.13. The van der Waals surface area contributed by atoms with E-state index in [9.17, 15) is 9.59 Å². The van der Waals surface area contributed by atoms with E-state index in [0.717, 1.165) is 5.56 Å². The minimum Gasteiger partial charge on any atom is -0.479 e. The van der Waals surface area contributed by atoms with Crippen molar-refractivity contribution < 1.29 is 19.4 Å². The summed E-state index contributed by atoms with van der Waals surface area (Å²) in [5, 5.41) is 12.6. The lowest BCUT2D eigenvalue weighted by Crippen LogP contribution is -2.22. The molecule has 0 aliphatic heterocycles. The van der Waals surface area contributed by atoms with Crippen molar-refractivity contribution in [3.05, 3.63) is 59.9 Å². The molecule has 1 heterocycles. The van der Waals surface area contributed by atoms with E-state index < -0.39 is 18.0 Å². The van der Waals surface area contributed by atoms with Crippen LogP contribution in [-0.2, 0) is 4.79 Å². The van der Waals surface area contributed by atoms with E-state index in [1.165, 1.54) is 19.3 Å². The molecular weight excluding hydrogens is 298 g/mol. The molecule has 1 atom stereocenters. The Bertz CT molecular complexity index is 699. The van der Waals surface area contributed by atoms with Crippen molar-refractivity contribution in [1.29, 1.82) is 0 Å². The summed E-state index contributed by atoms with van der Waals surface area (Å²) in [5.74, 6) is -1.00. The average molecular weight is 313 g/mol. The number of amides is 1. The smallest absolute Gasteiger partial charge is 0.344 e. The van der Waals surface area contributed by atoms with Crippen LogP contribution in [0.15, 0.2) is 53.8 Å². The molecule has 0 aliphatic carbocycles. The Hall–Kier alpha value is -3.22. The number of carboxylic acids is 1. The van der Waals surface area contributed by atoms with Gasteiger partial charge in [-0.2, -0.15) is 5.10 Å². The zero-order valence-corrected chi connectivity index (χ0v) is 12.3. The number of ether oxygens (including phenoxy) is 1. The number of pyridine rings is 1. The molecule has 2 aromatic rings. The van der Waals surface area contributed by atoms with E-state index >= 15 is 0 Å². The van der Waals surface area contributed by atoms with Gasteiger partial charge < -0.3 is 9.84 Å². The SMILES string of the molecule is C[C@@H](Oc1ccc(/C=N\NC(=O)c2ccccn2)cc1)C(=O)O. The topological polar surface area (TPSA) is 101 Å². The molecule has 0 saturated carbocycles. The maximum Gasteiger partial charge on any atom is 0.344 e. The third kappa shape index (κ3) is 4.92. The van der Waals surface area contributed by atoms with Crippen molar-refractivity contribution >= 4 is 18.1 Å². The molecule has 1 aromatic heterocycles. The maximum atomic E-state index is 11.7. The molecular formula is C16H15N3O4. The fourth-order valence-corrected chi connectivity index (χ4v) is 1.61. The Balaban J connectivity index is 1.90. The molecule has 118 valence electrons. The van der Waals surface area contributed by atoms with E-state index in [-0.39, 0.29) is 5.69 Å². The van der Waals surface area contributed by atoms with Gasteiger partial charge in [0.2, 0.25) is 0 Å². The summed E-state index contributed by atoms with van der Waals surface area (Å²) in [6.45, 7) is 1.45. The Morgan fingerprint density at radius 2 is 2.00 bits per heavy atom. The van der Waals surface area contributed by atoms with Gasteiger partial charge in [0.05, 0.1) is 6.21 Å². The highest BCUT2D eigenvalue weighted by Gasteiger charge is 2.11. The fraction of sp³-hybridized carbons (Fsp3) is 0.125. The molecule has 0 bridgehead atoms. The highest BCUT2D eigenvalue weighted by atomic mass is 16.5. The zero-order chi connectivity index (χ0) is 16.7. The molecule has 0 saturated heterocycles. The highest BCUT2D eigenvalue weighted by molar-refractivity contribution is 5.93. The van der Waals surface area contributed by atoms with Crippen molar-refractivity contribution in [1.82, 2.24) is 10.4 Å². The van der Waals surface area contributed by atoms with Gasteiger partial charge in [-0.1, -0.05) is 6.07 Å². The summed E-state index contributed by atoms with van der Waals surface area (Å²) in [6.07, 6.45) is 2.06. The molecule has 0 aliphatic rings. The number of carbonyl (C=O) groups is 2. The number of nitrogens with one attached hydrogen (secondary N) is 1. The van der Waals surface area contributed by atoms with Gasteiger partial charge in [-0.15, -0.1) is 0 Å². The van der Waals surface area contributed by atoms with Gasteiger partial charge in [0, 0.05) is 6.20 Å². The number of hydrogen-bond acceptors (Lipinski definition) is 5. The lowest BCUT2D eigenvalue weighted by Gasteiger charge is -2.09. The van der Waals surface area contributed by atoms with E-state index in [0.29, 0.717) is 5.75 Å². The van der Waals surface area contributed by atoms with Crippen molar-refractivity contribution in [2.75, 3.05) is 0 Å². The van der Waals surface area contributed by atoms with Crippen molar-refractivity contribution in [2.24, 2.45) is 5.10 Å². The quantitative estimate of drug-likeness (QED) is 0.624. The molecule has 0 radical (unpaired) electrons. The first-order chi connectivity index (χ1) is 11.1. The van der Waals surface area contributed by atoms with Crippen LogP contribution in [0.1, 0.15) is 23.0 Å². The third-order valence-electron chi connectivity index (χ3n) is 2.82. The summed E-state index contributed by atoms with van der Waals surface area (Å²) in [7, 11) is 0. The number of hydrogen-bond donors (Lipinski definition) is 2. The predicted molar refractivity (Wildman–Crippen MR) is 83.5 cm³/mol. The first kappa shape index (κ1) is 16.2. The fourth-order valence-electron chi connectivity index (χ4n) is 1.61. The average Bonchev–Trinajstić information content (AvgIpc) is 2.57. The van der Waals surface area contributed by atoms with Crippen molar-refractivity contribution in [3.8, 4) is 5.75 Å². The van der Waals surface area contributed by atoms with Gasteiger partial charge in [-0.3, -0.25) is 9.78 Å². The van der Waals surface area contributed by atoms with Gasteiger partial charge in [-0.05, 0) is 48.9 Å². The van der Waals surface area contributed by atoms with Gasteiger partial charge in [0.1, 0.15) is 11.4 Å². The van der Waals surface area contributed by atoms with Crippen LogP contribution in [0.25, 0.3) is 0 Å². The molecule has 1 aromatic carbocycles. The summed E-state index contributed by atoms with van der Waals surface area (Å²) >= 11 is 0. The summed E-state index contributed by atoms with van der Waals surface area (Å²) in [5.41, 5.74) is 3.37. The monoisotopic (exact) mass is 313 g/mol. The number of carboxylic acid groups (broad SMARTS) is 1. The Labute approximate surface area is 132 Å². The predicted octanol–water partition coefficient (Wildman–Crippen LogP) is 1.70. The summed E-state index contributed by atoms with van der Waals surface area (Å²) < 4.78 is 5.21. The van der Waals surface area contributed by atoms with Gasteiger partial charge in [-0.25, -0.2) is 10.2 Å². The molecule has 23 heavy (non-hydrogen) atoms. The van der Waals surface area contributed by atoms with Crippen LogP contribution in [0.2, 0.25) is 0 Å². The lowest BCUT2D eigenvalue weighted by atomic mass is 10.2. The van der Waals surface area contributed by atoms with Crippen LogP contribution in [0.4, 0.5) is 0 Å². The third-order valence-corrected chi connectivity index (χ3v) is 2.82. The molecule has 0 spiro atoms. The first-order valence-electron chi connectivity index (χ1n) is 6.80. The standard InChI is InChI=1S/C16H15N3O4/c1-11(16(21)22)23-13-7-5-12(6-8-13)10-18-19-15(20)14-4-2-3-9-17-14/h2-11H,1H3,(H,19,20)(H,21,22)/b18-10-/t11-/m1/s1. The van der Waals surface area contributed by atoms with Gasteiger partial charge in [0.25, 0.3) is 5.91 Å². The number of aromatic nitrogens is 1. The van der Waals surface area contributed by atoms with Crippen LogP contribution in [0, 0.1) is 0 Å². The van der Waals surface area contributed by atoms with E-state index in [1.807, 2.05) is 0 Å². The molecule has 2 rings (SSSR count).